The van der Waals surface area contributed by atoms with E-state index in [1.54, 1.807) is 18.3 Å². The first-order chi connectivity index (χ1) is 5.65. The molecule has 2 nitrogen and oxygen atoms in total. The zero-order chi connectivity index (χ0) is 9.14. The van der Waals surface area contributed by atoms with Crippen molar-refractivity contribution < 1.29 is 4.79 Å². The average Bonchev–Trinajstić information content (AvgIpc) is 2.50. The fourth-order valence-corrected chi connectivity index (χ4v) is 1.87. The largest absolute Gasteiger partial charge is 0.299 e. The highest BCUT2D eigenvalue weighted by Gasteiger charge is 2.13. The molecule has 0 amide bonds. The molecule has 66 valence electrons. The predicted molar refractivity (Wildman–Crippen MR) is 50.6 cm³/mol. The van der Waals surface area contributed by atoms with Crippen LogP contribution in [0.4, 0.5) is 0 Å². The maximum Gasteiger partial charge on any atom is 0.139 e. The molecule has 0 aromatic carbocycles. The number of aryl methyl sites for hydroxylation is 1. The first kappa shape index (κ1) is 9.39. The van der Waals surface area contributed by atoms with Crippen LogP contribution in [-0.4, -0.2) is 10.8 Å². The van der Waals surface area contributed by atoms with Crippen LogP contribution in [0.15, 0.2) is 5.38 Å². The molecule has 0 radical (unpaired) electrons. The molecule has 0 aliphatic heterocycles. The van der Waals surface area contributed by atoms with Gasteiger partial charge < -0.3 is 0 Å². The third-order valence-corrected chi connectivity index (χ3v) is 2.99. The molecule has 1 aromatic heterocycles. The number of carbonyl (C=O) groups excluding carboxylic acids is 1. The van der Waals surface area contributed by atoms with Crippen LogP contribution in [0.1, 0.15) is 37.4 Å². The van der Waals surface area contributed by atoms with E-state index in [0.29, 0.717) is 0 Å². The second kappa shape index (κ2) is 3.81. The van der Waals surface area contributed by atoms with Crippen molar-refractivity contribution in [1.82, 2.24) is 4.98 Å². The average molecular weight is 183 g/mol. The zero-order valence-corrected chi connectivity index (χ0v) is 8.44. The van der Waals surface area contributed by atoms with Gasteiger partial charge in [0.1, 0.15) is 10.8 Å². The van der Waals surface area contributed by atoms with Crippen LogP contribution < -0.4 is 0 Å². The normalized spacial score (nSPS) is 12.9. The minimum absolute atomic E-state index is 0.0321. The van der Waals surface area contributed by atoms with Gasteiger partial charge in [-0.05, 0) is 20.3 Å². The molecule has 1 aromatic rings. The molecule has 1 rings (SSSR count). The van der Waals surface area contributed by atoms with E-state index < -0.39 is 0 Å². The van der Waals surface area contributed by atoms with E-state index in [9.17, 15) is 4.79 Å². The van der Waals surface area contributed by atoms with E-state index in [4.69, 9.17) is 0 Å². The molecule has 0 fully saturated rings. The van der Waals surface area contributed by atoms with Gasteiger partial charge in [-0.1, -0.05) is 6.92 Å². The Kier molecular flexibility index (Phi) is 2.98. The van der Waals surface area contributed by atoms with E-state index in [-0.39, 0.29) is 11.7 Å². The van der Waals surface area contributed by atoms with E-state index in [0.717, 1.165) is 17.1 Å². The lowest BCUT2D eigenvalue weighted by Gasteiger charge is -2.00. The summed E-state index contributed by atoms with van der Waals surface area (Å²) in [4.78, 5) is 15.4. The number of hydrogen-bond acceptors (Lipinski definition) is 3. The van der Waals surface area contributed by atoms with Gasteiger partial charge >= 0.3 is 0 Å². The number of nitrogens with zero attached hydrogens (tertiary/aromatic N) is 1. The highest BCUT2D eigenvalue weighted by molar-refractivity contribution is 7.09. The van der Waals surface area contributed by atoms with Crippen LogP contribution in [0.3, 0.4) is 0 Å². The molecule has 0 aliphatic rings. The number of aromatic nitrogens is 1. The summed E-state index contributed by atoms with van der Waals surface area (Å²) < 4.78 is 0. The molecule has 0 spiro atoms. The summed E-state index contributed by atoms with van der Waals surface area (Å²) in [6, 6.07) is 0. The van der Waals surface area contributed by atoms with E-state index in [1.807, 2.05) is 12.3 Å². The Bertz CT molecular complexity index is 280. The molecule has 0 N–H and O–H groups in total. The van der Waals surface area contributed by atoms with Crippen LogP contribution >= 0.6 is 11.3 Å². The standard InChI is InChI=1S/C9H13NOS/c1-4-8-5-12-9(10-8)6(2)7(3)11/h5-6H,4H2,1-3H3. The van der Waals surface area contributed by atoms with E-state index >= 15 is 0 Å². The highest BCUT2D eigenvalue weighted by Crippen LogP contribution is 2.20. The summed E-state index contributed by atoms with van der Waals surface area (Å²) >= 11 is 1.58. The van der Waals surface area contributed by atoms with Gasteiger partial charge in [0.15, 0.2) is 0 Å². The topological polar surface area (TPSA) is 30.0 Å². The smallest absolute Gasteiger partial charge is 0.139 e. The molecule has 1 heterocycles. The zero-order valence-electron chi connectivity index (χ0n) is 7.63. The van der Waals surface area contributed by atoms with Crippen LogP contribution in [0, 0.1) is 0 Å². The quantitative estimate of drug-likeness (QED) is 0.720. The summed E-state index contributed by atoms with van der Waals surface area (Å²) in [5, 5.41) is 2.97. The Morgan fingerprint density at radius 2 is 2.42 bits per heavy atom. The molecule has 0 saturated heterocycles. The Labute approximate surface area is 76.6 Å². The minimum Gasteiger partial charge on any atom is -0.299 e. The summed E-state index contributed by atoms with van der Waals surface area (Å²) in [6.07, 6.45) is 0.946. The van der Waals surface area contributed by atoms with Gasteiger partial charge in [0.25, 0.3) is 0 Å². The van der Waals surface area contributed by atoms with Gasteiger partial charge in [-0.15, -0.1) is 11.3 Å². The second-order valence-electron chi connectivity index (χ2n) is 2.86. The van der Waals surface area contributed by atoms with Gasteiger partial charge in [0, 0.05) is 5.38 Å². The lowest BCUT2D eigenvalue weighted by atomic mass is 10.1. The lowest BCUT2D eigenvalue weighted by molar-refractivity contribution is -0.118. The molecule has 12 heavy (non-hydrogen) atoms. The third-order valence-electron chi connectivity index (χ3n) is 1.91. The summed E-state index contributed by atoms with van der Waals surface area (Å²) in [5.41, 5.74) is 1.09. The molecule has 0 aliphatic carbocycles. The van der Waals surface area contributed by atoms with Gasteiger partial charge in [-0.2, -0.15) is 0 Å². The summed E-state index contributed by atoms with van der Waals surface area (Å²) in [6.45, 7) is 5.58. The molecular weight excluding hydrogens is 170 g/mol. The lowest BCUT2D eigenvalue weighted by Crippen LogP contribution is -2.03. The number of thiazole rings is 1. The molecule has 0 saturated carbocycles. The third kappa shape index (κ3) is 1.91. The van der Waals surface area contributed by atoms with Gasteiger partial charge in [0.2, 0.25) is 0 Å². The number of hydrogen-bond donors (Lipinski definition) is 0. The van der Waals surface area contributed by atoms with Gasteiger partial charge in [-0.25, -0.2) is 4.98 Å². The maximum atomic E-state index is 11.0. The highest BCUT2D eigenvalue weighted by atomic mass is 32.1. The number of ketones is 1. The van der Waals surface area contributed by atoms with Crippen molar-refractivity contribution in [3.05, 3.63) is 16.1 Å². The summed E-state index contributed by atoms with van der Waals surface area (Å²) in [7, 11) is 0. The minimum atomic E-state index is -0.0321. The second-order valence-corrected chi connectivity index (χ2v) is 3.75. The first-order valence-corrected chi connectivity index (χ1v) is 4.97. The Morgan fingerprint density at radius 3 is 2.83 bits per heavy atom. The Balaban J connectivity index is 2.81. The van der Waals surface area contributed by atoms with Crippen LogP contribution in [-0.2, 0) is 11.2 Å². The van der Waals surface area contributed by atoms with Gasteiger partial charge in [-0.3, -0.25) is 4.79 Å². The van der Waals surface area contributed by atoms with Crippen molar-refractivity contribution in [2.24, 2.45) is 0 Å². The fourth-order valence-electron chi connectivity index (χ4n) is 0.858. The van der Waals surface area contributed by atoms with Crippen molar-refractivity contribution in [2.45, 2.75) is 33.1 Å². The van der Waals surface area contributed by atoms with E-state index in [1.165, 1.54) is 0 Å². The van der Waals surface area contributed by atoms with Crippen molar-refractivity contribution >= 4 is 17.1 Å². The first-order valence-electron chi connectivity index (χ1n) is 4.10. The Hall–Kier alpha value is -0.700. The van der Waals surface area contributed by atoms with Crippen LogP contribution in [0.5, 0.6) is 0 Å². The monoisotopic (exact) mass is 183 g/mol. The predicted octanol–water partition coefficient (Wildman–Crippen LogP) is 2.40. The van der Waals surface area contributed by atoms with Crippen molar-refractivity contribution in [3.63, 3.8) is 0 Å². The fraction of sp³-hybridized carbons (Fsp3) is 0.556. The van der Waals surface area contributed by atoms with Crippen LogP contribution in [0.25, 0.3) is 0 Å². The number of Topliss-reactive ketones (excluding diaryl/α,β-unsaturated/α-hetero) is 1. The van der Waals surface area contributed by atoms with Crippen molar-refractivity contribution in [2.75, 3.05) is 0 Å². The summed E-state index contributed by atoms with van der Waals surface area (Å²) in [5.74, 6) is 0.155. The van der Waals surface area contributed by atoms with Gasteiger partial charge in [0.05, 0.1) is 11.6 Å². The van der Waals surface area contributed by atoms with E-state index in [2.05, 4.69) is 11.9 Å². The SMILES string of the molecule is CCc1csc(C(C)C(C)=O)n1. The molecular formula is C9H13NOS. The molecule has 1 atom stereocenters. The van der Waals surface area contributed by atoms with Crippen molar-refractivity contribution in [3.8, 4) is 0 Å². The maximum absolute atomic E-state index is 11.0. The Morgan fingerprint density at radius 1 is 1.75 bits per heavy atom. The number of carbonyl (C=O) groups is 1. The molecule has 3 heteroatoms. The molecule has 0 bridgehead atoms. The van der Waals surface area contributed by atoms with Crippen molar-refractivity contribution in [1.29, 1.82) is 0 Å². The molecule has 1 unspecified atom stereocenters. The van der Waals surface area contributed by atoms with Crippen LogP contribution in [0.2, 0.25) is 0 Å². The number of rotatable bonds is 3.